The van der Waals surface area contributed by atoms with Gasteiger partial charge in [0.1, 0.15) is 5.82 Å². The molecule has 0 radical (unpaired) electrons. The highest BCUT2D eigenvalue weighted by Crippen LogP contribution is 2.23. The normalized spacial score (nSPS) is 11.8. The predicted octanol–water partition coefficient (Wildman–Crippen LogP) is 3.38. The number of carbonyl (C=O) groups is 2. The summed E-state index contributed by atoms with van der Waals surface area (Å²) in [5.74, 6) is 0.427. The maximum absolute atomic E-state index is 12.8. The highest BCUT2D eigenvalue weighted by Gasteiger charge is 2.22. The van der Waals surface area contributed by atoms with Crippen LogP contribution in [-0.4, -0.2) is 47.1 Å². The number of rotatable bonds is 9. The van der Waals surface area contributed by atoms with E-state index >= 15 is 0 Å². The summed E-state index contributed by atoms with van der Waals surface area (Å²) in [6.07, 6.45) is 0.591. The van der Waals surface area contributed by atoms with E-state index in [2.05, 4.69) is 10.3 Å². The molecular weight excluding hydrogens is 428 g/mol. The number of aromatic nitrogens is 2. The first-order valence-electron chi connectivity index (χ1n) is 10.5. The highest BCUT2D eigenvalue weighted by atomic mass is 32.2. The van der Waals surface area contributed by atoms with E-state index in [0.29, 0.717) is 42.1 Å². The largest absolute Gasteiger partial charge is 0.331 e. The van der Waals surface area contributed by atoms with Crippen LogP contribution in [0, 0.1) is 0 Å². The molecule has 0 fully saturated rings. The summed E-state index contributed by atoms with van der Waals surface area (Å²) in [5, 5.41) is 2.80. The summed E-state index contributed by atoms with van der Waals surface area (Å²) in [7, 11) is -1.73. The number of carbonyl (C=O) groups excluding carboxylic acids is 2. The standard InChI is InChI=1S/C23H28N4O4S/c1-5-27(6-2)32(30,31)19-10-11-21-20(15-19)25-22(26(21)4)12-13-23(29)24-18-9-7-8-17(14-18)16(3)28/h7-11,14-15H,5-6,12-13H2,1-4H3,(H,24,29). The Labute approximate surface area is 188 Å². The summed E-state index contributed by atoms with van der Waals surface area (Å²) in [4.78, 5) is 28.7. The minimum atomic E-state index is -3.57. The molecule has 3 rings (SSSR count). The van der Waals surface area contributed by atoms with Crippen LogP contribution in [0.1, 0.15) is 43.4 Å². The summed E-state index contributed by atoms with van der Waals surface area (Å²) in [5.41, 5.74) is 2.48. The molecule has 0 bridgehead atoms. The van der Waals surface area contributed by atoms with Gasteiger partial charge in [-0.05, 0) is 37.3 Å². The minimum Gasteiger partial charge on any atom is -0.331 e. The molecule has 0 saturated heterocycles. The molecule has 1 amide bonds. The van der Waals surface area contributed by atoms with Gasteiger partial charge in [0.15, 0.2) is 5.78 Å². The van der Waals surface area contributed by atoms with Gasteiger partial charge in [0.2, 0.25) is 15.9 Å². The molecule has 1 heterocycles. The summed E-state index contributed by atoms with van der Waals surface area (Å²) < 4.78 is 28.9. The number of fused-ring (bicyclic) bond motifs is 1. The second-order valence-electron chi connectivity index (χ2n) is 7.51. The predicted molar refractivity (Wildman–Crippen MR) is 124 cm³/mol. The summed E-state index contributed by atoms with van der Waals surface area (Å²) in [6, 6.07) is 11.7. The SMILES string of the molecule is CCN(CC)S(=O)(=O)c1ccc2c(c1)nc(CCC(=O)Nc1cccc(C(C)=O)c1)n2C. The van der Waals surface area contributed by atoms with E-state index in [1.54, 1.807) is 56.3 Å². The number of aryl methyl sites for hydroxylation is 2. The van der Waals surface area contributed by atoms with Crippen LogP contribution in [0.25, 0.3) is 11.0 Å². The lowest BCUT2D eigenvalue weighted by atomic mass is 10.1. The third kappa shape index (κ3) is 4.89. The second kappa shape index (κ2) is 9.62. The van der Waals surface area contributed by atoms with Crippen molar-refractivity contribution in [2.24, 2.45) is 7.05 Å². The Morgan fingerprint density at radius 1 is 1.09 bits per heavy atom. The van der Waals surface area contributed by atoms with Crippen LogP contribution in [0.15, 0.2) is 47.4 Å². The Kier molecular flexibility index (Phi) is 7.10. The first-order chi connectivity index (χ1) is 15.2. The lowest BCUT2D eigenvalue weighted by Gasteiger charge is -2.18. The van der Waals surface area contributed by atoms with Crippen molar-refractivity contribution in [2.75, 3.05) is 18.4 Å². The smallest absolute Gasteiger partial charge is 0.243 e. The van der Waals surface area contributed by atoms with Crippen molar-refractivity contribution in [2.45, 2.75) is 38.5 Å². The topological polar surface area (TPSA) is 101 Å². The Morgan fingerprint density at radius 2 is 1.81 bits per heavy atom. The molecule has 0 atom stereocenters. The molecule has 3 aromatic rings. The van der Waals surface area contributed by atoms with Gasteiger partial charge in [-0.2, -0.15) is 4.31 Å². The zero-order chi connectivity index (χ0) is 23.5. The monoisotopic (exact) mass is 456 g/mol. The van der Waals surface area contributed by atoms with Crippen LogP contribution in [0.4, 0.5) is 5.69 Å². The lowest BCUT2D eigenvalue weighted by Crippen LogP contribution is -2.30. The molecule has 1 N–H and O–H groups in total. The number of ketones is 1. The molecule has 0 aliphatic heterocycles. The quantitative estimate of drug-likeness (QED) is 0.498. The second-order valence-corrected chi connectivity index (χ2v) is 9.45. The van der Waals surface area contributed by atoms with Crippen molar-refractivity contribution in [3.63, 3.8) is 0 Å². The lowest BCUT2D eigenvalue weighted by molar-refractivity contribution is -0.116. The molecule has 32 heavy (non-hydrogen) atoms. The molecule has 0 saturated carbocycles. The van der Waals surface area contributed by atoms with Gasteiger partial charge in [-0.3, -0.25) is 9.59 Å². The first-order valence-corrected chi connectivity index (χ1v) is 12.0. The van der Waals surface area contributed by atoms with E-state index in [4.69, 9.17) is 0 Å². The molecule has 0 unspecified atom stereocenters. The first kappa shape index (κ1) is 23.6. The maximum Gasteiger partial charge on any atom is 0.243 e. The molecule has 0 spiro atoms. The van der Waals surface area contributed by atoms with Gasteiger partial charge in [-0.15, -0.1) is 0 Å². The zero-order valence-corrected chi connectivity index (χ0v) is 19.6. The fourth-order valence-corrected chi connectivity index (χ4v) is 5.07. The molecule has 1 aromatic heterocycles. The maximum atomic E-state index is 12.8. The van der Waals surface area contributed by atoms with E-state index in [1.807, 2.05) is 11.6 Å². The van der Waals surface area contributed by atoms with Crippen molar-refractivity contribution >= 4 is 38.4 Å². The Hall–Kier alpha value is -3.04. The van der Waals surface area contributed by atoms with E-state index in [-0.39, 0.29) is 23.0 Å². The van der Waals surface area contributed by atoms with E-state index < -0.39 is 10.0 Å². The van der Waals surface area contributed by atoms with Gasteiger partial charge in [0, 0.05) is 44.2 Å². The van der Waals surface area contributed by atoms with Crippen LogP contribution in [0.2, 0.25) is 0 Å². The number of hydrogen-bond acceptors (Lipinski definition) is 5. The number of anilines is 1. The number of nitrogens with zero attached hydrogens (tertiary/aromatic N) is 3. The molecule has 2 aromatic carbocycles. The van der Waals surface area contributed by atoms with Gasteiger partial charge >= 0.3 is 0 Å². The number of nitrogens with one attached hydrogen (secondary N) is 1. The molecule has 0 aliphatic carbocycles. The van der Waals surface area contributed by atoms with Crippen LogP contribution in [-0.2, 0) is 28.3 Å². The zero-order valence-electron chi connectivity index (χ0n) is 18.8. The molecular formula is C23H28N4O4S. The van der Waals surface area contributed by atoms with Gasteiger partial charge < -0.3 is 9.88 Å². The number of hydrogen-bond donors (Lipinski definition) is 1. The van der Waals surface area contributed by atoms with E-state index in [9.17, 15) is 18.0 Å². The number of benzene rings is 2. The van der Waals surface area contributed by atoms with Crippen LogP contribution in [0.3, 0.4) is 0 Å². The Morgan fingerprint density at radius 3 is 2.47 bits per heavy atom. The molecule has 9 heteroatoms. The van der Waals surface area contributed by atoms with Crippen molar-refractivity contribution in [3.8, 4) is 0 Å². The van der Waals surface area contributed by atoms with Crippen molar-refractivity contribution in [3.05, 3.63) is 53.9 Å². The number of imidazole rings is 1. The average molecular weight is 457 g/mol. The van der Waals surface area contributed by atoms with Crippen molar-refractivity contribution in [1.29, 1.82) is 0 Å². The van der Waals surface area contributed by atoms with Crippen molar-refractivity contribution < 1.29 is 18.0 Å². The fourth-order valence-electron chi connectivity index (χ4n) is 3.59. The highest BCUT2D eigenvalue weighted by molar-refractivity contribution is 7.89. The van der Waals surface area contributed by atoms with Gasteiger partial charge in [-0.25, -0.2) is 13.4 Å². The number of amides is 1. The van der Waals surface area contributed by atoms with Crippen LogP contribution >= 0.6 is 0 Å². The fraction of sp³-hybridized carbons (Fsp3) is 0.348. The minimum absolute atomic E-state index is 0.0665. The molecule has 170 valence electrons. The summed E-state index contributed by atoms with van der Waals surface area (Å²) >= 11 is 0. The summed E-state index contributed by atoms with van der Waals surface area (Å²) in [6.45, 7) is 5.88. The third-order valence-electron chi connectivity index (χ3n) is 5.42. The Bertz CT molecular complexity index is 1260. The van der Waals surface area contributed by atoms with Gasteiger partial charge in [0.05, 0.1) is 15.9 Å². The van der Waals surface area contributed by atoms with Gasteiger partial charge in [0.25, 0.3) is 0 Å². The molecule has 0 aliphatic rings. The Balaban J connectivity index is 1.75. The van der Waals surface area contributed by atoms with Crippen LogP contribution in [0.5, 0.6) is 0 Å². The average Bonchev–Trinajstić information content (AvgIpc) is 3.08. The van der Waals surface area contributed by atoms with Crippen molar-refractivity contribution in [1.82, 2.24) is 13.9 Å². The third-order valence-corrected chi connectivity index (χ3v) is 7.46. The number of Topliss-reactive ketones (excluding diaryl/α,β-unsaturated/α-hetero) is 1. The van der Waals surface area contributed by atoms with Gasteiger partial charge in [-0.1, -0.05) is 26.0 Å². The van der Waals surface area contributed by atoms with E-state index in [1.165, 1.54) is 11.2 Å². The van der Waals surface area contributed by atoms with E-state index in [0.717, 1.165) is 5.52 Å². The number of sulfonamides is 1. The molecule has 8 nitrogen and oxygen atoms in total. The van der Waals surface area contributed by atoms with Crippen LogP contribution < -0.4 is 5.32 Å².